The number of amides is 1. The number of benzene rings is 1. The van der Waals surface area contributed by atoms with Crippen LogP contribution in [0.5, 0.6) is 0 Å². The fourth-order valence-corrected chi connectivity index (χ4v) is 1.76. The minimum absolute atomic E-state index is 0.154. The van der Waals surface area contributed by atoms with Crippen molar-refractivity contribution in [1.82, 2.24) is 9.97 Å². The molecule has 0 saturated heterocycles. The van der Waals surface area contributed by atoms with Crippen molar-refractivity contribution in [2.75, 3.05) is 5.32 Å². The van der Waals surface area contributed by atoms with Gasteiger partial charge in [0.15, 0.2) is 11.4 Å². The molecular formula is C11H8BrN3O3. The van der Waals surface area contributed by atoms with E-state index >= 15 is 0 Å². The minimum atomic E-state index is -1.23. The molecule has 0 atom stereocenters. The minimum Gasteiger partial charge on any atom is -0.477 e. The number of anilines is 1. The molecule has 0 aliphatic carbocycles. The summed E-state index contributed by atoms with van der Waals surface area (Å²) in [6, 6.07) is 7.01. The van der Waals surface area contributed by atoms with E-state index in [-0.39, 0.29) is 11.4 Å². The maximum Gasteiger partial charge on any atom is 0.354 e. The summed E-state index contributed by atoms with van der Waals surface area (Å²) in [6.07, 6.45) is 1.17. The van der Waals surface area contributed by atoms with Gasteiger partial charge in [0.2, 0.25) is 0 Å². The number of hydrogen-bond acceptors (Lipinski definition) is 3. The third-order valence-corrected chi connectivity index (χ3v) is 2.88. The molecule has 18 heavy (non-hydrogen) atoms. The van der Waals surface area contributed by atoms with E-state index in [0.29, 0.717) is 10.2 Å². The van der Waals surface area contributed by atoms with Crippen molar-refractivity contribution in [2.45, 2.75) is 0 Å². The van der Waals surface area contributed by atoms with Crippen LogP contribution >= 0.6 is 15.9 Å². The van der Waals surface area contributed by atoms with E-state index in [0.717, 1.165) is 0 Å². The van der Waals surface area contributed by atoms with Crippen LogP contribution in [-0.2, 0) is 0 Å². The van der Waals surface area contributed by atoms with Crippen molar-refractivity contribution in [2.24, 2.45) is 0 Å². The van der Waals surface area contributed by atoms with Gasteiger partial charge in [-0.25, -0.2) is 9.78 Å². The van der Waals surface area contributed by atoms with Gasteiger partial charge in [0.25, 0.3) is 5.91 Å². The maximum absolute atomic E-state index is 11.9. The lowest BCUT2D eigenvalue weighted by molar-refractivity contribution is 0.0686. The quantitative estimate of drug-likeness (QED) is 0.809. The number of carboxylic acid groups (broad SMARTS) is 1. The van der Waals surface area contributed by atoms with Crippen LogP contribution < -0.4 is 5.32 Å². The highest BCUT2D eigenvalue weighted by molar-refractivity contribution is 9.10. The normalized spacial score (nSPS) is 10.1. The summed E-state index contributed by atoms with van der Waals surface area (Å²) in [4.78, 5) is 28.8. The summed E-state index contributed by atoms with van der Waals surface area (Å²) >= 11 is 3.28. The topological polar surface area (TPSA) is 95.1 Å². The number of H-pyrrole nitrogens is 1. The Morgan fingerprint density at radius 3 is 2.72 bits per heavy atom. The highest BCUT2D eigenvalue weighted by Crippen LogP contribution is 2.21. The first-order valence-electron chi connectivity index (χ1n) is 4.92. The van der Waals surface area contributed by atoms with Crippen LogP contribution in [0, 0.1) is 0 Å². The molecule has 0 bridgehead atoms. The molecule has 0 aliphatic heterocycles. The second-order valence-corrected chi connectivity index (χ2v) is 4.22. The molecule has 1 aromatic carbocycles. The molecule has 92 valence electrons. The van der Waals surface area contributed by atoms with E-state index in [1.165, 1.54) is 6.33 Å². The number of aromatic amines is 1. The maximum atomic E-state index is 11.9. The Hall–Kier alpha value is -2.15. The molecule has 1 aromatic heterocycles. The number of carbonyl (C=O) groups excluding carboxylic acids is 1. The van der Waals surface area contributed by atoms with Gasteiger partial charge < -0.3 is 15.4 Å². The van der Waals surface area contributed by atoms with Crippen LogP contribution in [0.15, 0.2) is 35.1 Å². The average Bonchev–Trinajstić information content (AvgIpc) is 2.81. The van der Waals surface area contributed by atoms with Gasteiger partial charge in [-0.1, -0.05) is 12.1 Å². The molecule has 0 radical (unpaired) electrons. The van der Waals surface area contributed by atoms with Gasteiger partial charge in [-0.05, 0) is 28.1 Å². The first kappa shape index (κ1) is 12.3. The summed E-state index contributed by atoms with van der Waals surface area (Å²) in [6.45, 7) is 0. The van der Waals surface area contributed by atoms with Gasteiger partial charge in [-0.3, -0.25) is 4.79 Å². The van der Waals surface area contributed by atoms with Crippen LogP contribution in [0.3, 0.4) is 0 Å². The molecule has 0 spiro atoms. The van der Waals surface area contributed by atoms with Gasteiger partial charge in [0.1, 0.15) is 0 Å². The summed E-state index contributed by atoms with van der Waals surface area (Å²) in [5, 5.41) is 11.4. The zero-order chi connectivity index (χ0) is 13.1. The van der Waals surface area contributed by atoms with Gasteiger partial charge in [0, 0.05) is 4.47 Å². The molecule has 7 heteroatoms. The molecule has 0 saturated carbocycles. The number of nitrogens with one attached hydrogen (secondary N) is 2. The molecule has 6 nitrogen and oxygen atoms in total. The van der Waals surface area contributed by atoms with Crippen LogP contribution in [0.1, 0.15) is 21.0 Å². The largest absolute Gasteiger partial charge is 0.477 e. The van der Waals surface area contributed by atoms with E-state index in [1.807, 2.05) is 0 Å². The van der Waals surface area contributed by atoms with Crippen molar-refractivity contribution >= 4 is 33.5 Å². The van der Waals surface area contributed by atoms with Gasteiger partial charge >= 0.3 is 5.97 Å². The molecule has 1 heterocycles. The zero-order valence-corrected chi connectivity index (χ0v) is 10.6. The number of carboxylic acids is 1. The lowest BCUT2D eigenvalue weighted by atomic mass is 10.2. The second kappa shape index (κ2) is 5.01. The Morgan fingerprint density at radius 1 is 1.33 bits per heavy atom. The monoisotopic (exact) mass is 309 g/mol. The van der Waals surface area contributed by atoms with Crippen molar-refractivity contribution in [3.05, 3.63) is 46.5 Å². The van der Waals surface area contributed by atoms with Gasteiger partial charge in [-0.2, -0.15) is 0 Å². The van der Waals surface area contributed by atoms with E-state index < -0.39 is 11.9 Å². The predicted octanol–water partition coefficient (Wildman–Crippen LogP) is 2.12. The molecular weight excluding hydrogens is 302 g/mol. The lowest BCUT2D eigenvalue weighted by Gasteiger charge is -2.05. The first-order chi connectivity index (χ1) is 8.59. The summed E-state index contributed by atoms with van der Waals surface area (Å²) in [5.74, 6) is -1.81. The molecule has 0 aliphatic rings. The number of para-hydroxylation sites is 1. The Morgan fingerprint density at radius 2 is 2.06 bits per heavy atom. The number of hydrogen-bond donors (Lipinski definition) is 3. The highest BCUT2D eigenvalue weighted by atomic mass is 79.9. The molecule has 1 amide bonds. The third kappa shape index (κ3) is 2.40. The summed E-state index contributed by atoms with van der Waals surface area (Å²) in [5.41, 5.74) is 0.152. The molecule has 3 N–H and O–H groups in total. The fourth-order valence-electron chi connectivity index (χ4n) is 1.37. The van der Waals surface area contributed by atoms with E-state index in [4.69, 9.17) is 5.11 Å². The average molecular weight is 310 g/mol. The number of aromatic carboxylic acids is 1. The fraction of sp³-hybridized carbons (Fsp3) is 0. The van der Waals surface area contributed by atoms with Crippen LogP contribution in [0.25, 0.3) is 0 Å². The standard InChI is InChI=1S/C11H8BrN3O3/c12-6-3-1-2-4-7(6)15-10(16)8-9(11(17)18)14-5-13-8/h1-5H,(H,13,14)(H,15,16)(H,17,18). The Bertz CT molecular complexity index is 609. The van der Waals surface area contributed by atoms with E-state index in [2.05, 4.69) is 31.2 Å². The molecule has 0 unspecified atom stereocenters. The van der Waals surface area contributed by atoms with Crippen LogP contribution in [0.4, 0.5) is 5.69 Å². The lowest BCUT2D eigenvalue weighted by Crippen LogP contribution is -2.16. The molecule has 2 aromatic rings. The van der Waals surface area contributed by atoms with Gasteiger partial charge in [0.05, 0.1) is 12.0 Å². The van der Waals surface area contributed by atoms with Crippen molar-refractivity contribution in [3.8, 4) is 0 Å². The van der Waals surface area contributed by atoms with E-state index in [1.54, 1.807) is 24.3 Å². The second-order valence-electron chi connectivity index (χ2n) is 3.37. The van der Waals surface area contributed by atoms with Crippen molar-refractivity contribution in [3.63, 3.8) is 0 Å². The number of carbonyl (C=O) groups is 2. The van der Waals surface area contributed by atoms with Gasteiger partial charge in [-0.15, -0.1) is 0 Å². The molecule has 0 fully saturated rings. The van der Waals surface area contributed by atoms with Crippen molar-refractivity contribution < 1.29 is 14.7 Å². The number of halogens is 1. The smallest absolute Gasteiger partial charge is 0.354 e. The summed E-state index contributed by atoms with van der Waals surface area (Å²) < 4.78 is 0.700. The zero-order valence-electron chi connectivity index (χ0n) is 8.98. The third-order valence-electron chi connectivity index (χ3n) is 2.19. The number of nitrogens with zero attached hydrogens (tertiary/aromatic N) is 1. The van der Waals surface area contributed by atoms with E-state index in [9.17, 15) is 9.59 Å². The Labute approximate surface area is 110 Å². The first-order valence-corrected chi connectivity index (χ1v) is 5.71. The Balaban J connectivity index is 2.25. The number of imidazole rings is 1. The SMILES string of the molecule is O=C(Nc1ccccc1Br)c1nc[nH]c1C(=O)O. The number of aromatic nitrogens is 2. The number of rotatable bonds is 3. The van der Waals surface area contributed by atoms with Crippen LogP contribution in [-0.4, -0.2) is 27.0 Å². The highest BCUT2D eigenvalue weighted by Gasteiger charge is 2.20. The van der Waals surface area contributed by atoms with Crippen molar-refractivity contribution in [1.29, 1.82) is 0 Å². The molecule has 2 rings (SSSR count). The Kier molecular flexibility index (Phi) is 3.42. The summed E-state index contributed by atoms with van der Waals surface area (Å²) in [7, 11) is 0. The van der Waals surface area contributed by atoms with Crippen LogP contribution in [0.2, 0.25) is 0 Å². The predicted molar refractivity (Wildman–Crippen MR) is 67.6 cm³/mol.